The van der Waals surface area contributed by atoms with Gasteiger partial charge in [-0.1, -0.05) is 54.6 Å². The monoisotopic (exact) mass is 381 g/mol. The predicted octanol–water partition coefficient (Wildman–Crippen LogP) is 5.12. The van der Waals surface area contributed by atoms with E-state index in [1.54, 1.807) is 7.11 Å². The Balaban J connectivity index is 1.61. The average molecular weight is 381 g/mol. The Labute approximate surface area is 168 Å². The zero-order valence-electron chi connectivity index (χ0n) is 15.9. The Morgan fingerprint density at radius 1 is 1.03 bits per heavy atom. The van der Waals surface area contributed by atoms with Crippen molar-refractivity contribution in [1.82, 2.24) is 20.2 Å². The lowest BCUT2D eigenvalue weighted by Crippen LogP contribution is -1.99. The van der Waals surface area contributed by atoms with Crippen molar-refractivity contribution < 1.29 is 4.74 Å². The summed E-state index contributed by atoms with van der Waals surface area (Å²) in [7, 11) is 1.66. The van der Waals surface area contributed by atoms with Gasteiger partial charge in [0.15, 0.2) is 5.65 Å². The van der Waals surface area contributed by atoms with Crippen LogP contribution < -0.4 is 10.1 Å². The number of nitrogens with one attached hydrogen (secondary N) is 2. The molecule has 0 saturated heterocycles. The van der Waals surface area contributed by atoms with Gasteiger partial charge < -0.3 is 10.1 Å². The topological polar surface area (TPSA) is 75.7 Å². The van der Waals surface area contributed by atoms with E-state index >= 15 is 0 Å². The summed E-state index contributed by atoms with van der Waals surface area (Å²) in [5.74, 6) is 1.42. The third-order valence-electron chi connectivity index (χ3n) is 4.97. The number of aromatic amines is 1. The van der Waals surface area contributed by atoms with Crippen LogP contribution >= 0.6 is 0 Å². The first kappa shape index (κ1) is 17.2. The summed E-state index contributed by atoms with van der Waals surface area (Å²) in [6.07, 6.45) is 8.78. The van der Waals surface area contributed by atoms with Crippen LogP contribution in [0.25, 0.3) is 27.7 Å². The molecule has 6 nitrogen and oxygen atoms in total. The van der Waals surface area contributed by atoms with Gasteiger partial charge in [0.25, 0.3) is 0 Å². The van der Waals surface area contributed by atoms with Crippen molar-refractivity contribution in [2.45, 2.75) is 6.42 Å². The molecule has 0 radical (unpaired) electrons. The molecule has 6 heteroatoms. The Kier molecular flexibility index (Phi) is 4.29. The van der Waals surface area contributed by atoms with Gasteiger partial charge >= 0.3 is 0 Å². The highest BCUT2D eigenvalue weighted by Crippen LogP contribution is 2.36. The van der Waals surface area contributed by atoms with Gasteiger partial charge in [-0.15, -0.1) is 0 Å². The van der Waals surface area contributed by atoms with Gasteiger partial charge in [-0.25, -0.2) is 9.97 Å². The molecule has 2 heterocycles. The minimum Gasteiger partial charge on any atom is -0.495 e. The molecule has 2 aromatic heterocycles. The molecule has 29 heavy (non-hydrogen) atoms. The second-order valence-electron chi connectivity index (χ2n) is 6.72. The average Bonchev–Trinajstić information content (AvgIpc) is 3.44. The van der Waals surface area contributed by atoms with Crippen molar-refractivity contribution in [1.29, 1.82) is 0 Å². The van der Waals surface area contributed by atoms with Crippen LogP contribution in [0.5, 0.6) is 5.75 Å². The first-order chi connectivity index (χ1) is 14.3. The summed E-state index contributed by atoms with van der Waals surface area (Å²) in [6.45, 7) is 0. The molecule has 2 aromatic carbocycles. The molecular formula is C23H19N5O. The fourth-order valence-electron chi connectivity index (χ4n) is 3.55. The molecule has 0 saturated carbocycles. The maximum atomic E-state index is 5.58. The van der Waals surface area contributed by atoms with Gasteiger partial charge in [0.05, 0.1) is 23.9 Å². The van der Waals surface area contributed by atoms with Gasteiger partial charge in [0.2, 0.25) is 0 Å². The summed E-state index contributed by atoms with van der Waals surface area (Å²) >= 11 is 0. The number of methoxy groups -OCH3 is 1. The number of hydrogen-bond donors (Lipinski definition) is 2. The van der Waals surface area contributed by atoms with Crippen molar-refractivity contribution >= 4 is 28.1 Å². The molecule has 2 N–H and O–H groups in total. The number of H-pyrrole nitrogens is 1. The number of fused-ring (bicyclic) bond motifs is 1. The molecule has 0 fully saturated rings. The van der Waals surface area contributed by atoms with Crippen LogP contribution in [0.1, 0.15) is 12.1 Å². The van der Waals surface area contributed by atoms with E-state index < -0.39 is 0 Å². The number of benzene rings is 2. The fourth-order valence-corrected chi connectivity index (χ4v) is 3.55. The summed E-state index contributed by atoms with van der Waals surface area (Å²) in [4.78, 5) is 8.80. The first-order valence-corrected chi connectivity index (χ1v) is 9.40. The molecule has 0 unspecified atom stereocenters. The minimum atomic E-state index is 0.622. The molecule has 0 amide bonds. The van der Waals surface area contributed by atoms with Crippen molar-refractivity contribution in [3.05, 3.63) is 78.8 Å². The standard InChI is InChI=1S/C23H19N5O/c1-29-19-12-11-17(15-7-3-2-4-8-15)13-18(19)26-22-20-21(16-9-5-6-10-16)27-28-23(20)25-14-24-22/h2-5,7-14H,6H2,1H3,(H2,24,25,26,27,28). The second kappa shape index (κ2) is 7.24. The first-order valence-electron chi connectivity index (χ1n) is 9.40. The molecule has 0 spiro atoms. The number of allylic oxidation sites excluding steroid dienone is 4. The minimum absolute atomic E-state index is 0.622. The largest absolute Gasteiger partial charge is 0.495 e. The van der Waals surface area contributed by atoms with Crippen LogP contribution in [-0.2, 0) is 0 Å². The molecule has 0 aliphatic heterocycles. The Hall–Kier alpha value is -3.93. The van der Waals surface area contributed by atoms with E-state index in [1.165, 1.54) is 6.33 Å². The van der Waals surface area contributed by atoms with E-state index in [9.17, 15) is 0 Å². The molecule has 0 bridgehead atoms. The summed E-state index contributed by atoms with van der Waals surface area (Å²) in [5, 5.41) is 11.8. The molecular weight excluding hydrogens is 362 g/mol. The molecule has 0 atom stereocenters. The number of ether oxygens (including phenoxy) is 1. The lowest BCUT2D eigenvalue weighted by atomic mass is 10.0. The third kappa shape index (κ3) is 3.14. The van der Waals surface area contributed by atoms with Gasteiger partial charge in [0, 0.05) is 0 Å². The van der Waals surface area contributed by atoms with Crippen LogP contribution in [0, 0.1) is 0 Å². The normalized spacial score (nSPS) is 12.9. The highest BCUT2D eigenvalue weighted by atomic mass is 16.5. The van der Waals surface area contributed by atoms with Gasteiger partial charge in [-0.05, 0) is 35.3 Å². The predicted molar refractivity (Wildman–Crippen MR) is 115 cm³/mol. The van der Waals surface area contributed by atoms with Gasteiger partial charge in [-0.3, -0.25) is 5.10 Å². The van der Waals surface area contributed by atoms with Crippen molar-refractivity contribution in [3.63, 3.8) is 0 Å². The molecule has 1 aliphatic carbocycles. The Morgan fingerprint density at radius 2 is 1.93 bits per heavy atom. The van der Waals surface area contributed by atoms with Crippen LogP contribution in [0.15, 0.2) is 73.1 Å². The summed E-state index contributed by atoms with van der Waals surface area (Å²) < 4.78 is 5.58. The van der Waals surface area contributed by atoms with Crippen molar-refractivity contribution in [3.8, 4) is 16.9 Å². The molecule has 5 rings (SSSR count). The molecule has 4 aromatic rings. The number of nitrogens with zero attached hydrogens (tertiary/aromatic N) is 3. The van der Waals surface area contributed by atoms with E-state index in [0.29, 0.717) is 11.5 Å². The Morgan fingerprint density at radius 3 is 2.72 bits per heavy atom. The van der Waals surface area contributed by atoms with Crippen molar-refractivity contribution in [2.24, 2.45) is 0 Å². The maximum Gasteiger partial charge on any atom is 0.186 e. The smallest absolute Gasteiger partial charge is 0.186 e. The van der Waals surface area contributed by atoms with Gasteiger partial charge in [0.1, 0.15) is 17.9 Å². The fraction of sp³-hybridized carbons (Fsp3) is 0.0870. The number of aromatic nitrogens is 4. The van der Waals surface area contributed by atoms with Crippen LogP contribution in [0.2, 0.25) is 0 Å². The molecule has 1 aliphatic rings. The van der Waals surface area contributed by atoms with Crippen LogP contribution in [-0.4, -0.2) is 27.3 Å². The number of anilines is 2. The van der Waals surface area contributed by atoms with Crippen molar-refractivity contribution in [2.75, 3.05) is 12.4 Å². The Bertz CT molecular complexity index is 1240. The third-order valence-corrected chi connectivity index (χ3v) is 4.97. The van der Waals surface area contributed by atoms with E-state index in [0.717, 1.165) is 45.6 Å². The van der Waals surface area contributed by atoms with E-state index in [2.05, 4.69) is 61.9 Å². The quantitative estimate of drug-likeness (QED) is 0.502. The van der Waals surface area contributed by atoms with Crippen LogP contribution in [0.4, 0.5) is 11.5 Å². The summed E-state index contributed by atoms with van der Waals surface area (Å²) in [6, 6.07) is 16.3. The number of hydrogen-bond acceptors (Lipinski definition) is 5. The summed E-state index contributed by atoms with van der Waals surface area (Å²) in [5.41, 5.74) is 5.68. The highest BCUT2D eigenvalue weighted by Gasteiger charge is 2.17. The second-order valence-corrected chi connectivity index (χ2v) is 6.72. The zero-order valence-corrected chi connectivity index (χ0v) is 15.9. The lowest BCUT2D eigenvalue weighted by molar-refractivity contribution is 0.417. The SMILES string of the molecule is COc1ccc(-c2ccccc2)cc1Nc1ncnc2n[nH]c(C3=CCC=C3)c12. The lowest BCUT2D eigenvalue weighted by Gasteiger charge is -2.13. The highest BCUT2D eigenvalue weighted by molar-refractivity contribution is 5.99. The number of rotatable bonds is 5. The van der Waals surface area contributed by atoms with Crippen LogP contribution in [0.3, 0.4) is 0 Å². The maximum absolute atomic E-state index is 5.58. The van der Waals surface area contributed by atoms with E-state index in [1.807, 2.05) is 30.3 Å². The van der Waals surface area contributed by atoms with E-state index in [4.69, 9.17) is 4.74 Å². The van der Waals surface area contributed by atoms with E-state index in [-0.39, 0.29) is 0 Å². The molecule has 142 valence electrons. The van der Waals surface area contributed by atoms with Gasteiger partial charge in [-0.2, -0.15) is 5.10 Å². The zero-order chi connectivity index (χ0) is 19.6.